The van der Waals surface area contributed by atoms with Gasteiger partial charge in [0.2, 0.25) is 8.75 Å². The number of alkyl halides is 3. The van der Waals surface area contributed by atoms with E-state index in [0.717, 1.165) is 25.5 Å². The molecule has 0 spiro atoms. The summed E-state index contributed by atoms with van der Waals surface area (Å²) in [5.74, 6) is 0.800. The van der Waals surface area contributed by atoms with Gasteiger partial charge >= 0.3 is 0 Å². The summed E-state index contributed by atoms with van der Waals surface area (Å²) in [5, 5.41) is 13.0. The number of fused-ring (bicyclic) bond motifs is 1. The van der Waals surface area contributed by atoms with Crippen LogP contribution in [-0.4, -0.2) is 37.8 Å². The summed E-state index contributed by atoms with van der Waals surface area (Å²) < 4.78 is 0.171. The minimum atomic E-state index is -1.51. The van der Waals surface area contributed by atoms with Crippen LogP contribution in [0.25, 0.3) is 4.96 Å². The molecule has 0 aromatic carbocycles. The molecule has 2 aromatic heterocycles. The number of rotatable bonds is 2. The third-order valence-corrected chi connectivity index (χ3v) is 5.00. The van der Waals surface area contributed by atoms with E-state index in [1.54, 1.807) is 4.52 Å². The van der Waals surface area contributed by atoms with Gasteiger partial charge in [0.1, 0.15) is 0 Å². The lowest BCUT2D eigenvalue weighted by Gasteiger charge is -2.25. The molecule has 104 valence electrons. The lowest BCUT2D eigenvalue weighted by atomic mass is 10.1. The van der Waals surface area contributed by atoms with Gasteiger partial charge in [0.15, 0.2) is 10.8 Å². The maximum absolute atomic E-state index is 5.84. The number of likely N-dealkylation sites (tertiary alicyclic amines) is 1. The highest BCUT2D eigenvalue weighted by Gasteiger charge is 2.29. The predicted molar refractivity (Wildman–Crippen MR) is 77.0 cm³/mol. The SMILES string of the molecule is ClC(Cl)(Cl)c1nn2c(CN3CCCCC3)nnc2s1. The van der Waals surface area contributed by atoms with Crippen molar-refractivity contribution in [3.05, 3.63) is 10.8 Å². The molecule has 1 fully saturated rings. The number of halogens is 3. The summed E-state index contributed by atoms with van der Waals surface area (Å²) in [6, 6.07) is 0. The van der Waals surface area contributed by atoms with Gasteiger partial charge in [-0.15, -0.1) is 10.2 Å². The van der Waals surface area contributed by atoms with Crippen molar-refractivity contribution in [1.29, 1.82) is 0 Å². The van der Waals surface area contributed by atoms with Crippen LogP contribution >= 0.6 is 46.1 Å². The Morgan fingerprint density at radius 3 is 2.53 bits per heavy atom. The third-order valence-electron chi connectivity index (χ3n) is 3.11. The van der Waals surface area contributed by atoms with Crippen molar-refractivity contribution < 1.29 is 0 Å². The third kappa shape index (κ3) is 2.97. The van der Waals surface area contributed by atoms with Gasteiger partial charge in [-0.3, -0.25) is 4.90 Å². The van der Waals surface area contributed by atoms with E-state index in [1.807, 2.05) is 0 Å². The molecular formula is C10H12Cl3N5S. The number of aromatic nitrogens is 4. The first kappa shape index (κ1) is 13.8. The van der Waals surface area contributed by atoms with Crippen LogP contribution < -0.4 is 0 Å². The Morgan fingerprint density at radius 2 is 1.84 bits per heavy atom. The number of hydrogen-bond donors (Lipinski definition) is 0. The van der Waals surface area contributed by atoms with Crippen LogP contribution in [0, 0.1) is 0 Å². The largest absolute Gasteiger partial charge is 0.296 e. The molecule has 0 bridgehead atoms. The summed E-state index contributed by atoms with van der Waals surface area (Å²) in [6.07, 6.45) is 3.77. The Kier molecular flexibility index (Phi) is 3.88. The zero-order chi connectivity index (χ0) is 13.5. The van der Waals surface area contributed by atoms with E-state index in [1.165, 1.54) is 30.6 Å². The molecule has 9 heteroatoms. The molecular weight excluding hydrogens is 329 g/mol. The Balaban J connectivity index is 1.85. The molecule has 0 amide bonds. The highest BCUT2D eigenvalue weighted by Crippen LogP contribution is 2.40. The molecule has 3 rings (SSSR count). The van der Waals surface area contributed by atoms with Crippen LogP contribution in [-0.2, 0) is 10.3 Å². The topological polar surface area (TPSA) is 46.3 Å². The second-order valence-electron chi connectivity index (χ2n) is 4.55. The van der Waals surface area contributed by atoms with Gasteiger partial charge < -0.3 is 0 Å². The van der Waals surface area contributed by atoms with Gasteiger partial charge in [-0.25, -0.2) is 0 Å². The summed E-state index contributed by atoms with van der Waals surface area (Å²) in [6.45, 7) is 2.93. The standard InChI is InChI=1S/C10H12Cl3N5S/c11-10(12,13)8-16-18-7(14-15-9(18)19-8)6-17-4-2-1-3-5-17/h1-6H2. The first-order valence-electron chi connectivity index (χ1n) is 6.05. The van der Waals surface area contributed by atoms with E-state index in [9.17, 15) is 0 Å². The molecule has 3 heterocycles. The van der Waals surface area contributed by atoms with E-state index in [2.05, 4.69) is 20.2 Å². The molecule has 1 aliphatic heterocycles. The number of piperidine rings is 1. The molecule has 19 heavy (non-hydrogen) atoms. The van der Waals surface area contributed by atoms with Crippen LogP contribution in [0.1, 0.15) is 30.1 Å². The molecule has 2 aromatic rings. The molecule has 1 saturated heterocycles. The second-order valence-corrected chi connectivity index (χ2v) is 7.79. The minimum absolute atomic E-state index is 0.419. The van der Waals surface area contributed by atoms with Crippen LogP contribution in [0.2, 0.25) is 0 Å². The van der Waals surface area contributed by atoms with Gasteiger partial charge in [0.25, 0.3) is 0 Å². The van der Waals surface area contributed by atoms with Crippen LogP contribution in [0.15, 0.2) is 0 Å². The quantitative estimate of drug-likeness (QED) is 0.789. The Morgan fingerprint density at radius 1 is 1.11 bits per heavy atom. The highest BCUT2D eigenvalue weighted by atomic mass is 35.6. The van der Waals surface area contributed by atoms with E-state index in [-0.39, 0.29) is 0 Å². The summed E-state index contributed by atoms with van der Waals surface area (Å²) >= 11 is 18.8. The van der Waals surface area contributed by atoms with E-state index < -0.39 is 3.79 Å². The van der Waals surface area contributed by atoms with Crippen LogP contribution in [0.3, 0.4) is 0 Å². The van der Waals surface area contributed by atoms with Crippen molar-refractivity contribution in [2.45, 2.75) is 29.6 Å². The zero-order valence-corrected chi connectivity index (χ0v) is 13.1. The predicted octanol–water partition coefficient (Wildman–Crippen LogP) is 3.00. The van der Waals surface area contributed by atoms with Gasteiger partial charge in [0.05, 0.1) is 6.54 Å². The fraction of sp³-hybridized carbons (Fsp3) is 0.700. The van der Waals surface area contributed by atoms with Gasteiger partial charge in [0, 0.05) is 0 Å². The molecule has 0 N–H and O–H groups in total. The van der Waals surface area contributed by atoms with E-state index in [0.29, 0.717) is 9.97 Å². The van der Waals surface area contributed by atoms with Crippen molar-refractivity contribution in [1.82, 2.24) is 24.7 Å². The lowest BCUT2D eigenvalue weighted by Crippen LogP contribution is -2.30. The van der Waals surface area contributed by atoms with Crippen molar-refractivity contribution in [3.63, 3.8) is 0 Å². The van der Waals surface area contributed by atoms with Gasteiger partial charge in [-0.1, -0.05) is 52.6 Å². The highest BCUT2D eigenvalue weighted by molar-refractivity contribution is 7.17. The van der Waals surface area contributed by atoms with Gasteiger partial charge in [-0.05, 0) is 25.9 Å². The van der Waals surface area contributed by atoms with E-state index >= 15 is 0 Å². The summed E-state index contributed by atoms with van der Waals surface area (Å²) in [4.78, 5) is 3.02. The maximum Gasteiger partial charge on any atom is 0.243 e. The number of nitrogens with zero attached hydrogens (tertiary/aromatic N) is 5. The smallest absolute Gasteiger partial charge is 0.243 e. The average Bonchev–Trinajstić information content (AvgIpc) is 2.92. The van der Waals surface area contributed by atoms with Crippen molar-refractivity contribution >= 4 is 51.1 Å². The lowest BCUT2D eigenvalue weighted by molar-refractivity contribution is 0.214. The van der Waals surface area contributed by atoms with Crippen molar-refractivity contribution in [2.75, 3.05) is 13.1 Å². The van der Waals surface area contributed by atoms with Crippen LogP contribution in [0.5, 0.6) is 0 Å². The minimum Gasteiger partial charge on any atom is -0.296 e. The number of hydrogen-bond acceptors (Lipinski definition) is 5. The molecule has 0 atom stereocenters. The normalized spacial score (nSPS) is 18.3. The summed E-state index contributed by atoms with van der Waals surface area (Å²) in [5.41, 5.74) is 0. The van der Waals surface area contributed by atoms with Gasteiger partial charge in [-0.2, -0.15) is 9.61 Å². The second kappa shape index (κ2) is 5.33. The summed E-state index contributed by atoms with van der Waals surface area (Å²) in [7, 11) is 0. The van der Waals surface area contributed by atoms with Crippen LogP contribution in [0.4, 0.5) is 0 Å². The molecule has 1 aliphatic rings. The Labute approximate surface area is 129 Å². The average molecular weight is 341 g/mol. The fourth-order valence-electron chi connectivity index (χ4n) is 2.19. The zero-order valence-electron chi connectivity index (χ0n) is 10.0. The Hall–Kier alpha value is -0.140. The molecule has 5 nitrogen and oxygen atoms in total. The van der Waals surface area contributed by atoms with Crippen molar-refractivity contribution in [3.8, 4) is 0 Å². The fourth-order valence-corrected chi connectivity index (χ4v) is 3.37. The van der Waals surface area contributed by atoms with E-state index in [4.69, 9.17) is 34.8 Å². The first-order chi connectivity index (χ1) is 9.04. The molecule has 0 radical (unpaired) electrons. The monoisotopic (exact) mass is 339 g/mol. The maximum atomic E-state index is 5.84. The first-order valence-corrected chi connectivity index (χ1v) is 8.00. The van der Waals surface area contributed by atoms with Crippen molar-refractivity contribution in [2.24, 2.45) is 0 Å². The molecule has 0 unspecified atom stereocenters. The molecule has 0 aliphatic carbocycles. The Bertz CT molecular complexity index is 569. The molecule has 0 saturated carbocycles.